The van der Waals surface area contributed by atoms with Gasteiger partial charge < -0.3 is 14.6 Å². The van der Waals surface area contributed by atoms with Gasteiger partial charge in [-0.2, -0.15) is 0 Å². The van der Waals surface area contributed by atoms with Gasteiger partial charge in [-0.1, -0.05) is 26.7 Å². The van der Waals surface area contributed by atoms with Gasteiger partial charge in [-0.05, 0) is 25.7 Å². The van der Waals surface area contributed by atoms with E-state index in [-0.39, 0.29) is 0 Å². The van der Waals surface area contributed by atoms with Crippen LogP contribution in [0.3, 0.4) is 0 Å². The van der Waals surface area contributed by atoms with Crippen molar-refractivity contribution < 1.29 is 4.74 Å². The Morgan fingerprint density at radius 3 is 2.83 bits per heavy atom. The normalized spacial score (nSPS) is 36.8. The van der Waals surface area contributed by atoms with Crippen molar-refractivity contribution in [2.24, 2.45) is 11.3 Å². The second-order valence-electron chi connectivity index (χ2n) is 8.80. The van der Waals surface area contributed by atoms with Crippen molar-refractivity contribution in [2.75, 3.05) is 6.61 Å². The summed E-state index contributed by atoms with van der Waals surface area (Å²) >= 11 is 0. The highest BCUT2D eigenvalue weighted by Crippen LogP contribution is 2.60. The third-order valence-electron chi connectivity index (χ3n) is 7.19. The zero-order valence-corrected chi connectivity index (χ0v) is 15.0. The molecule has 132 valence electrons. The lowest BCUT2D eigenvalue weighted by atomic mass is 9.54. The van der Waals surface area contributed by atoms with Crippen molar-refractivity contribution in [1.29, 1.82) is 0 Å². The second kappa shape index (κ2) is 5.53. The molecule has 0 radical (unpaired) electrons. The minimum atomic E-state index is 0.447. The van der Waals surface area contributed by atoms with E-state index in [1.165, 1.54) is 44.3 Å². The Morgan fingerprint density at radius 2 is 2.04 bits per heavy atom. The minimum Gasteiger partial charge on any atom is -0.377 e. The maximum atomic E-state index is 6.14. The first kappa shape index (κ1) is 15.3. The molecule has 3 heterocycles. The Kier molecular flexibility index (Phi) is 3.53. The summed E-state index contributed by atoms with van der Waals surface area (Å²) in [7, 11) is 0. The van der Waals surface area contributed by atoms with Gasteiger partial charge in [0.25, 0.3) is 0 Å². The number of fused-ring (bicyclic) bond motifs is 3. The van der Waals surface area contributed by atoms with Crippen molar-refractivity contribution in [2.45, 2.75) is 89.4 Å². The molecule has 1 aromatic heterocycles. The van der Waals surface area contributed by atoms with E-state index in [4.69, 9.17) is 4.74 Å². The summed E-state index contributed by atoms with van der Waals surface area (Å²) in [5.41, 5.74) is 0.454. The number of aryl methyl sites for hydroxylation is 1. The zero-order valence-electron chi connectivity index (χ0n) is 15.0. The van der Waals surface area contributed by atoms with Gasteiger partial charge >= 0.3 is 0 Å². The van der Waals surface area contributed by atoms with Crippen molar-refractivity contribution >= 4 is 0 Å². The molecular weight excluding hydrogens is 300 g/mol. The molecule has 4 aliphatic rings. The van der Waals surface area contributed by atoms with E-state index in [2.05, 4.69) is 33.9 Å². The van der Waals surface area contributed by atoms with Crippen LogP contribution in [0.25, 0.3) is 0 Å². The highest BCUT2D eigenvalue weighted by Gasteiger charge is 2.64. The molecule has 2 aliphatic heterocycles. The van der Waals surface area contributed by atoms with Crippen LogP contribution < -0.4 is 5.32 Å². The second-order valence-corrected chi connectivity index (χ2v) is 8.80. The van der Waals surface area contributed by atoms with Crippen LogP contribution in [0.5, 0.6) is 0 Å². The summed E-state index contributed by atoms with van der Waals surface area (Å²) in [4.78, 5) is 0. The van der Waals surface area contributed by atoms with Gasteiger partial charge in [0.05, 0.1) is 6.10 Å². The summed E-state index contributed by atoms with van der Waals surface area (Å²) in [6.45, 7) is 6.45. The summed E-state index contributed by atoms with van der Waals surface area (Å²) in [6.07, 6.45) is 9.58. The van der Waals surface area contributed by atoms with E-state index in [1.807, 2.05) is 0 Å². The molecule has 1 spiro atoms. The molecule has 1 N–H and O–H groups in total. The van der Waals surface area contributed by atoms with Crippen molar-refractivity contribution in [1.82, 2.24) is 20.1 Å². The first-order valence-corrected chi connectivity index (χ1v) is 9.99. The molecule has 24 heavy (non-hydrogen) atoms. The molecular formula is C19H30N4O. The predicted molar refractivity (Wildman–Crippen MR) is 91.9 cm³/mol. The Morgan fingerprint density at radius 1 is 1.21 bits per heavy atom. The third-order valence-corrected chi connectivity index (χ3v) is 7.19. The SMILES string of the molecule is CC(C)c1nnc2n1CC(NC1[C@H]3CCO[C@H]3C13CCCC3)CC2. The van der Waals surface area contributed by atoms with Crippen LogP contribution in [0.15, 0.2) is 0 Å². The van der Waals surface area contributed by atoms with Crippen molar-refractivity contribution in [3.05, 3.63) is 11.6 Å². The van der Waals surface area contributed by atoms with Gasteiger partial charge in [0.1, 0.15) is 11.6 Å². The molecule has 2 aliphatic carbocycles. The topological polar surface area (TPSA) is 52.0 Å². The van der Waals surface area contributed by atoms with E-state index >= 15 is 0 Å². The molecule has 5 heteroatoms. The fourth-order valence-corrected chi connectivity index (χ4v) is 6.11. The van der Waals surface area contributed by atoms with Crippen LogP contribution in [0.1, 0.15) is 69.9 Å². The number of nitrogens with one attached hydrogen (secondary N) is 1. The number of ether oxygens (including phenoxy) is 1. The Balaban J connectivity index is 1.34. The zero-order chi connectivity index (χ0) is 16.3. The van der Waals surface area contributed by atoms with Gasteiger partial charge in [0, 0.05) is 48.9 Å². The highest BCUT2D eigenvalue weighted by atomic mass is 16.5. The first-order valence-electron chi connectivity index (χ1n) is 9.99. The van der Waals surface area contributed by atoms with E-state index < -0.39 is 0 Å². The van der Waals surface area contributed by atoms with Crippen LogP contribution in [0.4, 0.5) is 0 Å². The predicted octanol–water partition coefficient (Wildman–Crippen LogP) is 2.65. The first-order chi connectivity index (χ1) is 11.7. The molecule has 3 fully saturated rings. The number of hydrogen-bond acceptors (Lipinski definition) is 4. The maximum absolute atomic E-state index is 6.14. The number of hydrogen-bond donors (Lipinski definition) is 1. The van der Waals surface area contributed by atoms with Gasteiger partial charge in [-0.3, -0.25) is 0 Å². The monoisotopic (exact) mass is 330 g/mol. The lowest BCUT2D eigenvalue weighted by Crippen LogP contribution is -2.69. The summed E-state index contributed by atoms with van der Waals surface area (Å²) in [6, 6.07) is 1.24. The van der Waals surface area contributed by atoms with E-state index in [1.54, 1.807) is 0 Å². The van der Waals surface area contributed by atoms with Crippen molar-refractivity contribution in [3.63, 3.8) is 0 Å². The van der Waals surface area contributed by atoms with Gasteiger partial charge in [-0.15, -0.1) is 10.2 Å². The fourth-order valence-electron chi connectivity index (χ4n) is 6.11. The molecule has 5 nitrogen and oxygen atoms in total. The van der Waals surface area contributed by atoms with Gasteiger partial charge in [-0.25, -0.2) is 0 Å². The molecule has 0 bridgehead atoms. The van der Waals surface area contributed by atoms with E-state index in [0.717, 1.165) is 31.3 Å². The van der Waals surface area contributed by atoms with Crippen molar-refractivity contribution in [3.8, 4) is 0 Å². The lowest BCUT2D eigenvalue weighted by molar-refractivity contribution is -0.134. The Bertz CT molecular complexity index is 619. The van der Waals surface area contributed by atoms with E-state index in [9.17, 15) is 0 Å². The van der Waals surface area contributed by atoms with E-state index in [0.29, 0.717) is 29.5 Å². The molecule has 0 aromatic carbocycles. The number of nitrogens with zero attached hydrogens (tertiary/aromatic N) is 3. The van der Waals surface area contributed by atoms with Gasteiger partial charge in [0.2, 0.25) is 0 Å². The smallest absolute Gasteiger partial charge is 0.135 e. The molecule has 2 unspecified atom stereocenters. The third kappa shape index (κ3) is 2.07. The quantitative estimate of drug-likeness (QED) is 0.926. The van der Waals surface area contributed by atoms with Crippen LogP contribution in [-0.4, -0.2) is 39.6 Å². The Hall–Kier alpha value is -0.940. The van der Waals surface area contributed by atoms with Crippen LogP contribution in [-0.2, 0) is 17.7 Å². The number of aromatic nitrogens is 3. The summed E-state index contributed by atoms with van der Waals surface area (Å²) < 4.78 is 8.52. The highest BCUT2D eigenvalue weighted by molar-refractivity contribution is 5.17. The maximum Gasteiger partial charge on any atom is 0.135 e. The summed E-state index contributed by atoms with van der Waals surface area (Å²) in [5.74, 6) is 3.54. The molecule has 1 saturated heterocycles. The fraction of sp³-hybridized carbons (Fsp3) is 0.895. The van der Waals surface area contributed by atoms with Crippen LogP contribution in [0.2, 0.25) is 0 Å². The molecule has 4 atom stereocenters. The molecule has 5 rings (SSSR count). The van der Waals surface area contributed by atoms with Gasteiger partial charge in [0.15, 0.2) is 0 Å². The number of rotatable bonds is 3. The van der Waals surface area contributed by atoms with Crippen LogP contribution >= 0.6 is 0 Å². The lowest BCUT2D eigenvalue weighted by Gasteiger charge is -2.58. The van der Waals surface area contributed by atoms with Crippen LogP contribution in [0, 0.1) is 11.3 Å². The average Bonchev–Trinajstić information content (AvgIpc) is 3.29. The Labute approximate surface area is 144 Å². The standard InChI is InChI=1S/C19H30N4O/c1-12(2)18-22-21-15-6-5-13(11-23(15)18)20-16-14-7-10-24-17(14)19(16)8-3-4-9-19/h12-14,16-17,20H,3-11H2,1-2H3/t13?,14-,16?,17-/m1/s1. The summed E-state index contributed by atoms with van der Waals surface area (Å²) in [5, 5.41) is 12.9. The molecule has 1 aromatic rings. The molecule has 0 amide bonds. The average molecular weight is 330 g/mol. The molecule has 2 saturated carbocycles. The largest absolute Gasteiger partial charge is 0.377 e. The minimum absolute atomic E-state index is 0.447.